The van der Waals surface area contributed by atoms with Crippen molar-refractivity contribution in [3.05, 3.63) is 179 Å². The number of ether oxygens (including phenoxy) is 12. The van der Waals surface area contributed by atoms with Crippen molar-refractivity contribution in [2.45, 2.75) is 200 Å². The smallest absolute Gasteiger partial charge is 0.407 e. The Labute approximate surface area is 772 Å². The SMILES string of the molecule is CCOP(=O)(Cc1ccc(C[C@H](NC(=O)O[C@H]2CO[C@H]3OCC[C@H]32)[C@H](O)CN(CC(C)C)S(=O)(=O)c2ccc(OC)cc2)cc1)OCC.COc1ccc(S(=O)(=O)N(CC(C)C)C[C@@H](O)[C@H](Cc2ccc(CBr)cc2)NC(=O)O[C@H]2CO[C@H]3OCC[C@H]32)cc1.COc1ccc(S(=O)(=O)N(CC(C)C)C[C@@H](O)[C@H](Cc2ccc(CO)cc2)NC(=O)O[C@H]2CO[C@H]3OCC[C@H]32)cc1. The van der Waals surface area contributed by atoms with Crippen LogP contribution in [0.25, 0.3) is 0 Å². The molecule has 0 unspecified atom stereocenters. The van der Waals surface area contributed by atoms with Crippen molar-refractivity contribution in [1.29, 1.82) is 0 Å². The van der Waals surface area contributed by atoms with E-state index in [9.17, 15) is 64.6 Å². The molecule has 0 bridgehead atoms. The van der Waals surface area contributed by atoms with Crippen LogP contribution in [0.4, 0.5) is 14.4 Å². The number of nitrogens with zero attached hydrogens (tertiary/aromatic N) is 3. The number of benzene rings is 6. The van der Waals surface area contributed by atoms with Crippen molar-refractivity contribution in [3.8, 4) is 17.2 Å². The number of carbonyl (C=O) groups excluding carboxylic acids is 3. The number of carbonyl (C=O) groups is 3. The zero-order valence-electron chi connectivity index (χ0n) is 75.5. The van der Waals surface area contributed by atoms with Gasteiger partial charge in [-0.3, -0.25) is 4.57 Å². The van der Waals surface area contributed by atoms with Crippen LogP contribution in [-0.2, 0) is 124 Å². The lowest BCUT2D eigenvalue weighted by Crippen LogP contribution is -2.51. The molecule has 6 aromatic carbocycles. The van der Waals surface area contributed by atoms with E-state index in [1.54, 1.807) is 98.8 Å². The molecule has 34 nitrogen and oxygen atoms in total. The van der Waals surface area contributed by atoms with E-state index < -0.39 is 117 Å². The molecule has 0 saturated carbocycles. The molecule has 0 radical (unpaired) electrons. The topological polar surface area (TPSA) is 427 Å². The standard InChI is InChI=1S/C33H49N2O11PS.C29H39BrN2O8S.C29H40N2O9S/c1-6-44-47(38,45-7-2)22-25-10-8-24(9-11-25)18-29(34-33(37)46-31-21-43-32-28(31)16-17-42-32)30(36)20-35(19-23(3)4)48(39,40)27-14-12-26(41-5)13-15-27;1-19(2)16-32(41(35,36)23-10-8-22(37-3)9-11-23)17-26(33)25(14-20-4-6-21(15-30)7-5-20)31-29(34)40-27-18-39-28-24(27)12-13-38-28;1-19(2)15-31(41(35,36)23-10-8-22(37-3)9-11-23)16-26(33)25(14-20-4-6-21(17-32)7-5-20)30-29(34)40-27-18-39-28-24(27)12-13-38-28/h8-15,23,28-32,36H,6-7,16-22H2,1-5H3,(H,34,37);4-11,19,24-28,33H,12-18H2,1-3H3,(H,31,34);4-11,19,24-28,32-33H,12-18H2,1-3H3,(H,30,34)/t28-,29-,30+,31-,32+;2*24-,25-,26+,27-,28+/m000/s1. The fourth-order valence-electron chi connectivity index (χ4n) is 16.0. The second-order valence-electron chi connectivity index (χ2n) is 34.0. The number of alkyl carbamates (subject to hydrolysis) is 3. The van der Waals surface area contributed by atoms with Crippen LogP contribution >= 0.6 is 23.5 Å². The Morgan fingerprint density at radius 1 is 0.415 bits per heavy atom. The van der Waals surface area contributed by atoms with Crippen LogP contribution < -0.4 is 30.2 Å². The summed E-state index contributed by atoms with van der Waals surface area (Å²) in [6, 6.07) is 37.7. The van der Waals surface area contributed by atoms with Crippen molar-refractivity contribution >= 4 is 71.9 Å². The lowest BCUT2D eigenvalue weighted by molar-refractivity contribution is -0.0909. The van der Waals surface area contributed by atoms with Crippen LogP contribution in [0.2, 0.25) is 0 Å². The zero-order chi connectivity index (χ0) is 94.0. The van der Waals surface area contributed by atoms with E-state index in [2.05, 4.69) is 31.9 Å². The van der Waals surface area contributed by atoms with Gasteiger partial charge in [-0.25, -0.2) is 39.6 Å². The summed E-state index contributed by atoms with van der Waals surface area (Å²) in [5.41, 5.74) is 4.95. The highest BCUT2D eigenvalue weighted by molar-refractivity contribution is 9.08. The Hall–Kier alpha value is -7.51. The van der Waals surface area contributed by atoms with E-state index in [1.165, 1.54) is 70.6 Å². The summed E-state index contributed by atoms with van der Waals surface area (Å²) in [6.07, 6.45) is -5.69. The van der Waals surface area contributed by atoms with Crippen molar-refractivity contribution < 1.29 is 131 Å². The predicted molar refractivity (Wildman–Crippen MR) is 484 cm³/mol. The Kier molecular flexibility index (Phi) is 39.9. The van der Waals surface area contributed by atoms with Crippen LogP contribution in [-0.4, -0.2) is 264 Å². The normalized spacial score (nSPS) is 21.6. The molecule has 39 heteroatoms. The van der Waals surface area contributed by atoms with E-state index in [0.29, 0.717) is 48.8 Å². The summed E-state index contributed by atoms with van der Waals surface area (Å²) in [5.74, 6) is 1.33. The van der Waals surface area contributed by atoms with Gasteiger partial charge in [0.05, 0.1) is 156 Å². The molecule has 6 aliphatic rings. The van der Waals surface area contributed by atoms with Gasteiger partial charge in [-0.05, 0) is 176 Å². The molecule has 0 aliphatic carbocycles. The number of alkyl halides is 1. The Bertz CT molecular complexity index is 4720. The van der Waals surface area contributed by atoms with Crippen LogP contribution in [0.15, 0.2) is 160 Å². The van der Waals surface area contributed by atoms with Gasteiger partial charge in [-0.15, -0.1) is 0 Å². The first-order chi connectivity index (χ1) is 62.1. The van der Waals surface area contributed by atoms with Gasteiger partial charge in [0, 0.05) is 44.6 Å². The van der Waals surface area contributed by atoms with Crippen molar-refractivity contribution in [2.75, 3.05) is 113 Å². The molecule has 6 aliphatic heterocycles. The maximum atomic E-state index is 13.8. The van der Waals surface area contributed by atoms with Crippen LogP contribution in [0.3, 0.4) is 0 Å². The first-order valence-corrected chi connectivity index (χ1v) is 51.1. The highest BCUT2D eigenvalue weighted by Crippen LogP contribution is 2.51. The Balaban J connectivity index is 0.000000204. The third kappa shape index (κ3) is 29.7. The number of sulfonamides is 3. The Morgan fingerprint density at radius 2 is 0.685 bits per heavy atom. The number of hydrogen-bond donors (Lipinski definition) is 7. The van der Waals surface area contributed by atoms with Gasteiger partial charge in [0.25, 0.3) is 0 Å². The maximum Gasteiger partial charge on any atom is 0.407 e. The zero-order valence-corrected chi connectivity index (χ0v) is 80.4. The number of aliphatic hydroxyl groups excluding tert-OH is 4. The number of halogens is 1. The molecule has 0 aromatic heterocycles. The summed E-state index contributed by atoms with van der Waals surface area (Å²) < 4.78 is 176. The molecule has 7 N–H and O–H groups in total. The molecular formula is C91H128BrN6O28PS3. The van der Waals surface area contributed by atoms with E-state index in [1.807, 2.05) is 65.8 Å². The summed E-state index contributed by atoms with van der Waals surface area (Å²) in [5, 5.41) is 53.0. The second kappa shape index (κ2) is 49.6. The first-order valence-electron chi connectivity index (χ1n) is 43.9. The van der Waals surface area contributed by atoms with E-state index in [4.69, 9.17) is 65.9 Å². The maximum absolute atomic E-state index is 13.8. The van der Waals surface area contributed by atoms with Crippen molar-refractivity contribution in [2.24, 2.45) is 35.5 Å². The lowest BCUT2D eigenvalue weighted by Gasteiger charge is -2.31. The van der Waals surface area contributed by atoms with Crippen molar-refractivity contribution in [1.82, 2.24) is 28.9 Å². The molecule has 720 valence electrons. The minimum atomic E-state index is -4.02. The molecule has 130 heavy (non-hydrogen) atoms. The average Bonchev–Trinajstić information content (AvgIpc) is 1.60. The Morgan fingerprint density at radius 3 is 0.938 bits per heavy atom. The monoisotopic (exact) mass is 1960 g/mol. The highest BCUT2D eigenvalue weighted by atomic mass is 79.9. The van der Waals surface area contributed by atoms with Crippen LogP contribution in [0.5, 0.6) is 17.2 Å². The minimum absolute atomic E-state index is 0.00710. The van der Waals surface area contributed by atoms with Crippen LogP contribution in [0.1, 0.15) is 108 Å². The number of rotatable bonds is 44. The quantitative estimate of drug-likeness (QED) is 0.0106. The number of hydrogen-bond acceptors (Lipinski definition) is 28. The largest absolute Gasteiger partial charge is 0.497 e. The number of aliphatic hydroxyl groups is 4. The first kappa shape index (κ1) is 105. The molecule has 6 fully saturated rings. The average molecular weight is 1960 g/mol. The third-order valence-corrected chi connectivity index (χ3v) is 31.0. The summed E-state index contributed by atoms with van der Waals surface area (Å²) in [4.78, 5) is 39.5. The van der Waals surface area contributed by atoms with Gasteiger partial charge in [-0.2, -0.15) is 12.9 Å². The number of nitrogens with one attached hydrogen (secondary N) is 3. The number of methoxy groups -OCH3 is 3. The third-order valence-electron chi connectivity index (χ3n) is 22.8. The van der Waals surface area contributed by atoms with E-state index in [-0.39, 0.29) is 167 Å². The highest BCUT2D eigenvalue weighted by Gasteiger charge is 2.48. The van der Waals surface area contributed by atoms with E-state index in [0.717, 1.165) is 46.2 Å². The molecule has 15 atom stereocenters. The lowest BCUT2D eigenvalue weighted by atomic mass is 10.00. The molecule has 3 amide bonds. The molecule has 6 saturated heterocycles. The van der Waals surface area contributed by atoms with Gasteiger partial charge in [0.1, 0.15) is 35.6 Å². The molecular weight excluding hydrogens is 1830 g/mol. The van der Waals surface area contributed by atoms with Gasteiger partial charge >= 0.3 is 25.9 Å². The summed E-state index contributed by atoms with van der Waals surface area (Å²) in [6.45, 7) is 17.3. The van der Waals surface area contributed by atoms with Gasteiger partial charge in [0.15, 0.2) is 18.9 Å². The summed E-state index contributed by atoms with van der Waals surface area (Å²) in [7, 11) is -10.8. The predicted octanol–water partition coefficient (Wildman–Crippen LogP) is 10.6. The van der Waals surface area contributed by atoms with Gasteiger partial charge in [0.2, 0.25) is 30.1 Å². The van der Waals surface area contributed by atoms with Crippen molar-refractivity contribution in [3.63, 3.8) is 0 Å². The fourth-order valence-corrected chi connectivity index (χ4v) is 23.0. The number of fused-ring (bicyclic) bond motifs is 3. The second-order valence-corrected chi connectivity index (χ2v) is 42.4. The molecule has 0 spiro atoms. The minimum Gasteiger partial charge on any atom is -0.497 e. The molecule has 6 heterocycles. The number of amides is 3. The summed E-state index contributed by atoms with van der Waals surface area (Å²) >= 11 is 3.44. The van der Waals surface area contributed by atoms with Crippen LogP contribution in [0, 0.1) is 35.5 Å². The molecule has 12 rings (SSSR count). The van der Waals surface area contributed by atoms with E-state index >= 15 is 0 Å². The molecule has 6 aromatic rings. The fraction of sp³-hybridized carbons (Fsp3) is 0.571. The van der Waals surface area contributed by atoms with Gasteiger partial charge in [-0.1, -0.05) is 130 Å². The van der Waals surface area contributed by atoms with Gasteiger partial charge < -0.3 is 102 Å².